The number of rotatable bonds is 3. The van der Waals surface area contributed by atoms with Gasteiger partial charge in [0, 0.05) is 22.3 Å². The van der Waals surface area contributed by atoms with Crippen molar-refractivity contribution in [3.63, 3.8) is 0 Å². The van der Waals surface area contributed by atoms with Crippen molar-refractivity contribution in [1.29, 1.82) is 10.5 Å². The number of fused-ring (bicyclic) bond motifs is 6. The third-order valence-electron chi connectivity index (χ3n) is 8.67. The summed E-state index contributed by atoms with van der Waals surface area (Å²) in [5.74, 6) is -0.509. The summed E-state index contributed by atoms with van der Waals surface area (Å²) in [5.41, 5.74) is 8.09. The van der Waals surface area contributed by atoms with E-state index in [0.717, 1.165) is 16.7 Å². The molecule has 0 aliphatic heterocycles. The summed E-state index contributed by atoms with van der Waals surface area (Å²) in [6.45, 7) is 17.6. The molecule has 9 heteroatoms. The molecule has 0 spiro atoms. The number of benzene rings is 5. The normalized spacial score (nSPS) is 14.2. The monoisotopic (exact) mass is 644 g/mol. The Bertz CT molecular complexity index is 2470. The maximum atomic E-state index is 12.7. The Labute approximate surface area is 278 Å². The Balaban J connectivity index is 1.45. The Hall–Kier alpha value is -7.07. The smallest absolute Gasteiger partial charge is 0.507 e. The van der Waals surface area contributed by atoms with Crippen molar-refractivity contribution in [3.8, 4) is 68.1 Å². The summed E-state index contributed by atoms with van der Waals surface area (Å²) in [5, 5.41) is 32.2. The van der Waals surface area contributed by atoms with E-state index in [9.17, 15) is 28.8 Å². The first-order valence-corrected chi connectivity index (χ1v) is 14.7. The second-order valence-corrected chi connectivity index (χ2v) is 11.4. The molecule has 0 fully saturated rings. The zero-order chi connectivity index (χ0) is 34.6. The standard InChI is InChI=1S/C40H19F3N4O2/c1-21-4-6-22(7-5-21)24-10-14-27-29(16-24)35(33(19-44)46-2)31-18-32-36(34(20-45)47-3)30-17-25(11-15-28(30)38(32)39(48)37(27)31)23-8-12-26(13-9-23)49-40(41,42)43/h4-18,48H,1H3/b35-33+,36-34-. The number of halogens is 3. The van der Waals surface area contributed by atoms with Crippen molar-refractivity contribution < 1.29 is 23.0 Å². The van der Waals surface area contributed by atoms with Crippen LogP contribution >= 0.6 is 0 Å². The van der Waals surface area contributed by atoms with Crippen LogP contribution in [0.3, 0.4) is 0 Å². The molecule has 0 unspecified atom stereocenters. The highest BCUT2D eigenvalue weighted by atomic mass is 19.4. The lowest BCUT2D eigenvalue weighted by molar-refractivity contribution is -0.274. The average molecular weight is 645 g/mol. The van der Waals surface area contributed by atoms with Gasteiger partial charge in [-0.05, 0) is 92.9 Å². The molecule has 232 valence electrons. The molecule has 0 atom stereocenters. The number of nitriles is 2. The highest BCUT2D eigenvalue weighted by Crippen LogP contribution is 2.59. The molecule has 5 aromatic carbocycles. The number of aryl methyl sites for hydroxylation is 1. The Morgan fingerprint density at radius 1 is 0.633 bits per heavy atom. The molecule has 7 rings (SSSR count). The molecule has 0 aromatic heterocycles. The molecule has 6 nitrogen and oxygen atoms in total. The second kappa shape index (κ2) is 11.3. The number of nitrogens with zero attached hydrogens (tertiary/aromatic N) is 4. The Morgan fingerprint density at radius 3 is 1.47 bits per heavy atom. The van der Waals surface area contributed by atoms with Gasteiger partial charge in [-0.25, -0.2) is 20.2 Å². The van der Waals surface area contributed by atoms with E-state index in [1.807, 2.05) is 61.5 Å². The third kappa shape index (κ3) is 4.95. The number of allylic oxidation sites excluding steroid dienone is 2. The summed E-state index contributed by atoms with van der Waals surface area (Å²) >= 11 is 0. The van der Waals surface area contributed by atoms with Gasteiger partial charge in [-0.15, -0.1) is 13.2 Å². The molecule has 0 amide bonds. The molecule has 0 bridgehead atoms. The molecule has 0 radical (unpaired) electrons. The minimum Gasteiger partial charge on any atom is -0.507 e. The predicted octanol–water partition coefficient (Wildman–Crippen LogP) is 10.3. The average Bonchev–Trinajstić information content (AvgIpc) is 3.59. The molecule has 0 saturated carbocycles. The molecule has 0 saturated heterocycles. The number of aromatic hydroxyl groups is 1. The lowest BCUT2D eigenvalue weighted by atomic mass is 9.93. The van der Waals surface area contributed by atoms with Crippen molar-refractivity contribution in [1.82, 2.24) is 0 Å². The molecule has 5 aromatic rings. The molecule has 2 aliphatic carbocycles. The molecule has 49 heavy (non-hydrogen) atoms. The minimum absolute atomic E-state index is 0.131. The number of phenolic OH excluding ortho intramolecular Hbond substituents is 1. The van der Waals surface area contributed by atoms with Crippen molar-refractivity contribution in [2.24, 2.45) is 0 Å². The minimum atomic E-state index is -4.84. The number of hydrogen-bond acceptors (Lipinski definition) is 4. The fourth-order valence-electron chi connectivity index (χ4n) is 6.57. The number of ether oxygens (including phenoxy) is 1. The molecule has 2 aliphatic rings. The zero-order valence-electron chi connectivity index (χ0n) is 25.4. The van der Waals surface area contributed by atoms with Crippen LogP contribution in [0.1, 0.15) is 27.8 Å². The quantitative estimate of drug-likeness (QED) is 0.153. The SMILES string of the molecule is [C-]#[N+]/C(C#N)=C1/c2cc(-c3ccc(OC(F)(F)F)cc3)ccc2-c2c1cc1c(c2O)-c2ccc(-c3ccc(C)cc3)cc2/C1=C(/C#N)[N+]#[C-]. The molecule has 0 heterocycles. The van der Waals surface area contributed by atoms with Gasteiger partial charge < -0.3 is 9.84 Å². The maximum absolute atomic E-state index is 12.7. The van der Waals surface area contributed by atoms with E-state index in [1.165, 1.54) is 24.3 Å². The molecule has 1 N–H and O–H groups in total. The molecular weight excluding hydrogens is 625 g/mol. The van der Waals surface area contributed by atoms with E-state index in [-0.39, 0.29) is 28.5 Å². The predicted molar refractivity (Wildman–Crippen MR) is 178 cm³/mol. The van der Waals surface area contributed by atoms with Crippen LogP contribution in [0.25, 0.3) is 65.3 Å². The first-order chi connectivity index (χ1) is 23.6. The number of phenols is 1. The van der Waals surface area contributed by atoms with Gasteiger partial charge in [0.25, 0.3) is 11.4 Å². The molecular formula is C40H19F3N4O2. The second-order valence-electron chi connectivity index (χ2n) is 11.4. The van der Waals surface area contributed by atoms with Crippen LogP contribution < -0.4 is 4.74 Å². The summed E-state index contributed by atoms with van der Waals surface area (Å²) < 4.78 is 42.1. The highest BCUT2D eigenvalue weighted by molar-refractivity contribution is 6.14. The van der Waals surface area contributed by atoms with Gasteiger partial charge in [0.15, 0.2) is 0 Å². The Kier molecular flexibility index (Phi) is 7.06. The van der Waals surface area contributed by atoms with Crippen molar-refractivity contribution in [2.45, 2.75) is 13.3 Å². The largest absolute Gasteiger partial charge is 0.573 e. The van der Waals surface area contributed by atoms with Gasteiger partial charge >= 0.3 is 6.36 Å². The summed E-state index contributed by atoms with van der Waals surface area (Å²) in [7, 11) is 0. The first kappa shape index (κ1) is 30.6. The van der Waals surface area contributed by atoms with E-state index in [1.54, 1.807) is 24.3 Å². The lowest BCUT2D eigenvalue weighted by Crippen LogP contribution is -2.16. The number of hydrogen-bond donors (Lipinski definition) is 1. The fourth-order valence-corrected chi connectivity index (χ4v) is 6.57. The van der Waals surface area contributed by atoms with E-state index in [4.69, 9.17) is 13.1 Å². The van der Waals surface area contributed by atoms with Gasteiger partial charge in [0.1, 0.15) is 11.5 Å². The van der Waals surface area contributed by atoms with Crippen molar-refractivity contribution >= 4 is 11.1 Å². The van der Waals surface area contributed by atoms with Crippen LogP contribution in [0.15, 0.2) is 102 Å². The fraction of sp³-hybridized carbons (Fsp3) is 0.0500. The van der Waals surface area contributed by atoms with E-state index >= 15 is 0 Å². The van der Waals surface area contributed by atoms with E-state index in [2.05, 4.69) is 14.4 Å². The number of alkyl halides is 3. The van der Waals surface area contributed by atoms with Crippen LogP contribution in [0.2, 0.25) is 0 Å². The Morgan fingerprint density at radius 2 is 1.06 bits per heavy atom. The van der Waals surface area contributed by atoms with Crippen LogP contribution in [-0.4, -0.2) is 11.5 Å². The van der Waals surface area contributed by atoms with Crippen LogP contribution in [-0.2, 0) is 0 Å². The topological polar surface area (TPSA) is 85.8 Å². The maximum Gasteiger partial charge on any atom is 0.573 e. The van der Waals surface area contributed by atoms with Gasteiger partial charge in [0.2, 0.25) is 0 Å². The third-order valence-corrected chi connectivity index (χ3v) is 8.67. The van der Waals surface area contributed by atoms with Crippen molar-refractivity contribution in [2.75, 3.05) is 0 Å². The summed E-state index contributed by atoms with van der Waals surface area (Å²) in [4.78, 5) is 7.01. The van der Waals surface area contributed by atoms with Gasteiger partial charge in [-0.2, -0.15) is 0 Å². The van der Waals surface area contributed by atoms with Gasteiger partial charge in [0.05, 0.1) is 25.3 Å². The van der Waals surface area contributed by atoms with Gasteiger partial charge in [-0.1, -0.05) is 66.2 Å². The highest BCUT2D eigenvalue weighted by Gasteiger charge is 2.37. The summed E-state index contributed by atoms with van der Waals surface area (Å²) in [6, 6.07) is 29.8. The first-order valence-electron chi connectivity index (χ1n) is 14.7. The van der Waals surface area contributed by atoms with E-state index in [0.29, 0.717) is 61.2 Å². The van der Waals surface area contributed by atoms with Crippen LogP contribution in [0.5, 0.6) is 11.5 Å². The van der Waals surface area contributed by atoms with Gasteiger partial charge in [-0.3, -0.25) is 0 Å². The van der Waals surface area contributed by atoms with Crippen molar-refractivity contribution in [3.05, 3.63) is 153 Å². The zero-order valence-corrected chi connectivity index (χ0v) is 25.4. The van der Waals surface area contributed by atoms with E-state index < -0.39 is 6.36 Å². The lowest BCUT2D eigenvalue weighted by Gasteiger charge is -2.12. The van der Waals surface area contributed by atoms with Crippen LogP contribution in [0.4, 0.5) is 13.2 Å². The van der Waals surface area contributed by atoms with Crippen LogP contribution in [0, 0.1) is 42.7 Å². The summed E-state index contributed by atoms with van der Waals surface area (Å²) in [6.07, 6.45) is -4.84.